The highest BCUT2D eigenvalue weighted by Crippen LogP contribution is 2.14. The summed E-state index contributed by atoms with van der Waals surface area (Å²) < 4.78 is 0. The lowest BCUT2D eigenvalue weighted by Gasteiger charge is -2.05. The van der Waals surface area contributed by atoms with Crippen LogP contribution in [0.15, 0.2) is 24.3 Å². The normalized spacial score (nSPS) is 12.4. The van der Waals surface area contributed by atoms with E-state index in [4.69, 9.17) is 0 Å². The maximum Gasteiger partial charge on any atom is 0.150 e. The molecular formula is C13H16Br2O. The molecule has 0 saturated heterocycles. The van der Waals surface area contributed by atoms with Gasteiger partial charge in [0.15, 0.2) is 0 Å². The number of halogens is 2. The summed E-state index contributed by atoms with van der Waals surface area (Å²) in [7, 11) is 0. The van der Waals surface area contributed by atoms with Crippen LogP contribution < -0.4 is 0 Å². The topological polar surface area (TPSA) is 17.1 Å². The Morgan fingerprint density at radius 1 is 1.19 bits per heavy atom. The Bertz CT molecular complexity index is 308. The molecule has 1 atom stereocenters. The molecule has 0 spiro atoms. The van der Waals surface area contributed by atoms with Crippen molar-refractivity contribution < 1.29 is 4.79 Å². The van der Waals surface area contributed by atoms with E-state index in [1.807, 2.05) is 24.3 Å². The molecule has 0 bridgehead atoms. The van der Waals surface area contributed by atoms with Crippen LogP contribution in [-0.4, -0.2) is 16.4 Å². The Kier molecular flexibility index (Phi) is 6.97. The molecule has 0 fully saturated rings. The van der Waals surface area contributed by atoms with Crippen molar-refractivity contribution in [1.29, 1.82) is 0 Å². The van der Waals surface area contributed by atoms with E-state index in [1.54, 1.807) is 0 Å². The fourth-order valence-electron chi connectivity index (χ4n) is 1.53. The molecule has 0 heterocycles. The number of alkyl halides is 2. The highest BCUT2D eigenvalue weighted by molar-refractivity contribution is 9.12. The lowest BCUT2D eigenvalue weighted by molar-refractivity contribution is 0.112. The second-order valence-corrected chi connectivity index (χ2v) is 5.80. The molecule has 0 N–H and O–H groups in total. The van der Waals surface area contributed by atoms with Gasteiger partial charge in [0.25, 0.3) is 0 Å². The van der Waals surface area contributed by atoms with E-state index in [0.29, 0.717) is 4.83 Å². The van der Waals surface area contributed by atoms with E-state index in [1.165, 1.54) is 24.8 Å². The Balaban J connectivity index is 2.24. The maximum absolute atomic E-state index is 10.5. The summed E-state index contributed by atoms with van der Waals surface area (Å²) in [5.41, 5.74) is 2.07. The second-order valence-electron chi connectivity index (χ2n) is 3.86. The number of carbonyl (C=O) groups excluding carboxylic acids is 1. The van der Waals surface area contributed by atoms with Gasteiger partial charge in [0.1, 0.15) is 6.29 Å². The van der Waals surface area contributed by atoms with Crippen LogP contribution in [0.2, 0.25) is 0 Å². The molecule has 1 aromatic carbocycles. The molecule has 1 aromatic rings. The van der Waals surface area contributed by atoms with Crippen LogP contribution in [-0.2, 0) is 6.42 Å². The summed E-state index contributed by atoms with van der Waals surface area (Å²) in [6.45, 7) is 0. The quantitative estimate of drug-likeness (QED) is 0.406. The van der Waals surface area contributed by atoms with E-state index in [2.05, 4.69) is 31.9 Å². The summed E-state index contributed by atoms with van der Waals surface area (Å²) in [6.07, 6.45) is 5.63. The van der Waals surface area contributed by atoms with Gasteiger partial charge in [-0.3, -0.25) is 4.79 Å². The predicted molar refractivity (Wildman–Crippen MR) is 75.9 cm³/mol. The van der Waals surface area contributed by atoms with Crippen LogP contribution in [0, 0.1) is 0 Å². The predicted octanol–water partition coefficient (Wildman–Crippen LogP) is 4.37. The van der Waals surface area contributed by atoms with Crippen LogP contribution in [0.3, 0.4) is 0 Å². The fraction of sp³-hybridized carbons (Fsp3) is 0.462. The van der Waals surface area contributed by atoms with Crippen LogP contribution in [0.1, 0.15) is 35.2 Å². The molecule has 0 amide bonds. The van der Waals surface area contributed by atoms with Gasteiger partial charge in [0, 0.05) is 15.7 Å². The third-order valence-electron chi connectivity index (χ3n) is 2.52. The number of aldehydes is 1. The van der Waals surface area contributed by atoms with Crippen LogP contribution in [0.25, 0.3) is 0 Å². The molecule has 88 valence electrons. The molecule has 0 saturated carbocycles. The van der Waals surface area contributed by atoms with E-state index >= 15 is 0 Å². The average Bonchev–Trinajstić information content (AvgIpc) is 2.35. The number of aryl methyl sites for hydroxylation is 1. The number of hydrogen-bond acceptors (Lipinski definition) is 1. The number of hydrogen-bond donors (Lipinski definition) is 0. The van der Waals surface area contributed by atoms with Crippen molar-refractivity contribution in [3.8, 4) is 0 Å². The van der Waals surface area contributed by atoms with Gasteiger partial charge >= 0.3 is 0 Å². The highest BCUT2D eigenvalue weighted by atomic mass is 79.9. The Morgan fingerprint density at radius 2 is 1.88 bits per heavy atom. The first-order valence-corrected chi connectivity index (χ1v) is 7.54. The minimum absolute atomic E-state index is 0.588. The molecule has 1 nitrogen and oxygen atoms in total. The number of carbonyl (C=O) groups is 1. The molecule has 3 heteroatoms. The fourth-order valence-corrected chi connectivity index (χ4v) is 2.18. The summed E-state index contributed by atoms with van der Waals surface area (Å²) in [5.74, 6) is 0. The van der Waals surface area contributed by atoms with Gasteiger partial charge in [-0.05, 0) is 24.8 Å². The van der Waals surface area contributed by atoms with Crippen molar-refractivity contribution in [1.82, 2.24) is 0 Å². The molecule has 1 unspecified atom stereocenters. The lowest BCUT2D eigenvalue weighted by atomic mass is 10.1. The molecule has 0 aliphatic carbocycles. The van der Waals surface area contributed by atoms with Crippen molar-refractivity contribution in [2.24, 2.45) is 0 Å². The summed E-state index contributed by atoms with van der Waals surface area (Å²) in [4.78, 5) is 11.1. The van der Waals surface area contributed by atoms with E-state index in [0.717, 1.165) is 23.6 Å². The Morgan fingerprint density at radius 3 is 2.44 bits per heavy atom. The van der Waals surface area contributed by atoms with Crippen molar-refractivity contribution in [2.75, 3.05) is 5.33 Å². The van der Waals surface area contributed by atoms with E-state index < -0.39 is 0 Å². The molecule has 0 aliphatic heterocycles. The van der Waals surface area contributed by atoms with Gasteiger partial charge in [-0.15, -0.1) is 0 Å². The first kappa shape index (κ1) is 13.9. The van der Waals surface area contributed by atoms with Gasteiger partial charge in [0.05, 0.1) is 0 Å². The van der Waals surface area contributed by atoms with Crippen molar-refractivity contribution >= 4 is 38.1 Å². The van der Waals surface area contributed by atoms with Crippen molar-refractivity contribution in [2.45, 2.75) is 30.5 Å². The maximum atomic E-state index is 10.5. The number of unbranched alkanes of at least 4 members (excludes halogenated alkanes) is 1. The number of benzene rings is 1. The second kappa shape index (κ2) is 8.02. The van der Waals surface area contributed by atoms with Gasteiger partial charge in [-0.25, -0.2) is 0 Å². The summed E-state index contributed by atoms with van der Waals surface area (Å²) >= 11 is 7.04. The largest absolute Gasteiger partial charge is 0.298 e. The smallest absolute Gasteiger partial charge is 0.150 e. The van der Waals surface area contributed by atoms with Gasteiger partial charge in [-0.2, -0.15) is 0 Å². The van der Waals surface area contributed by atoms with Gasteiger partial charge in [-0.1, -0.05) is 62.5 Å². The Hall–Kier alpha value is -0.150. The molecule has 0 aliphatic rings. The van der Waals surface area contributed by atoms with Crippen LogP contribution in [0.5, 0.6) is 0 Å². The first-order valence-electron chi connectivity index (χ1n) is 5.50. The van der Waals surface area contributed by atoms with E-state index in [-0.39, 0.29) is 0 Å². The zero-order valence-electron chi connectivity index (χ0n) is 9.16. The van der Waals surface area contributed by atoms with Crippen LogP contribution >= 0.6 is 31.9 Å². The molecule has 0 radical (unpaired) electrons. The molecular weight excluding hydrogens is 332 g/mol. The summed E-state index contributed by atoms with van der Waals surface area (Å²) in [6, 6.07) is 7.85. The lowest BCUT2D eigenvalue weighted by Crippen LogP contribution is -1.98. The number of rotatable bonds is 7. The van der Waals surface area contributed by atoms with E-state index in [9.17, 15) is 4.79 Å². The Labute approximate surface area is 114 Å². The minimum atomic E-state index is 0.588. The minimum Gasteiger partial charge on any atom is -0.298 e. The molecule has 16 heavy (non-hydrogen) atoms. The third kappa shape index (κ3) is 5.26. The van der Waals surface area contributed by atoms with Gasteiger partial charge in [0.2, 0.25) is 0 Å². The summed E-state index contributed by atoms with van der Waals surface area (Å²) in [5, 5.41) is 1.01. The zero-order valence-corrected chi connectivity index (χ0v) is 12.3. The SMILES string of the molecule is O=Cc1ccc(CCCCC(Br)CBr)cc1. The zero-order chi connectivity index (χ0) is 11.8. The average molecular weight is 348 g/mol. The first-order chi connectivity index (χ1) is 7.76. The highest BCUT2D eigenvalue weighted by Gasteiger charge is 2.01. The molecule has 0 aromatic heterocycles. The van der Waals surface area contributed by atoms with Crippen molar-refractivity contribution in [3.05, 3.63) is 35.4 Å². The third-order valence-corrected chi connectivity index (χ3v) is 4.95. The standard InChI is InChI=1S/C13H16Br2O/c14-9-13(15)4-2-1-3-11-5-7-12(10-16)8-6-11/h5-8,10,13H,1-4,9H2. The van der Waals surface area contributed by atoms with Gasteiger partial charge < -0.3 is 0 Å². The van der Waals surface area contributed by atoms with Crippen LogP contribution in [0.4, 0.5) is 0 Å². The van der Waals surface area contributed by atoms with Crippen molar-refractivity contribution in [3.63, 3.8) is 0 Å². The monoisotopic (exact) mass is 346 g/mol. The molecule has 1 rings (SSSR count).